The van der Waals surface area contributed by atoms with Crippen LogP contribution in [0.5, 0.6) is 0 Å². The second-order valence-corrected chi connectivity index (χ2v) is 31.7. The number of aliphatic hydroxyl groups is 1. The molecule has 3 unspecified atom stereocenters. The van der Waals surface area contributed by atoms with Gasteiger partial charge in [-0.15, -0.1) is 0 Å². The van der Waals surface area contributed by atoms with E-state index in [0.717, 1.165) is 108 Å². The molecule has 0 fully saturated rings. The Bertz CT molecular complexity index is 1870. The molecule has 17 nitrogen and oxygen atoms in total. The Kier molecular flexibility index (Phi) is 68.4. The third kappa shape index (κ3) is 70.9. The number of hydrogen-bond donors (Lipinski definition) is 3. The molecule has 0 aliphatic heterocycles. The van der Waals surface area contributed by atoms with Crippen molar-refractivity contribution >= 4 is 39.5 Å². The highest BCUT2D eigenvalue weighted by molar-refractivity contribution is 7.47. The molecule has 0 aromatic carbocycles. The molecule has 0 aromatic rings. The summed E-state index contributed by atoms with van der Waals surface area (Å²) in [7, 11) is -9.90. The first kappa shape index (κ1) is 95.1. The molecule has 576 valence electrons. The number of aliphatic hydroxyl groups excluding tert-OH is 1. The van der Waals surface area contributed by atoms with E-state index in [2.05, 4.69) is 41.5 Å². The van der Waals surface area contributed by atoms with Crippen molar-refractivity contribution in [3.8, 4) is 0 Å². The molecule has 0 radical (unpaired) electrons. The van der Waals surface area contributed by atoms with E-state index in [4.69, 9.17) is 37.0 Å². The van der Waals surface area contributed by atoms with Crippen LogP contribution in [0.15, 0.2) is 0 Å². The fourth-order valence-electron chi connectivity index (χ4n) is 12.0. The van der Waals surface area contributed by atoms with Crippen molar-refractivity contribution in [3.05, 3.63) is 0 Å². The topological polar surface area (TPSA) is 237 Å². The summed E-state index contributed by atoms with van der Waals surface area (Å²) in [5.41, 5.74) is 0. The Labute approximate surface area is 594 Å². The number of carbonyl (C=O) groups excluding carboxylic acids is 4. The van der Waals surface area contributed by atoms with Gasteiger partial charge in [-0.2, -0.15) is 0 Å². The van der Waals surface area contributed by atoms with Crippen LogP contribution in [0, 0.1) is 11.8 Å². The van der Waals surface area contributed by atoms with E-state index in [9.17, 15) is 43.2 Å². The summed E-state index contributed by atoms with van der Waals surface area (Å²) in [6.45, 7) is 9.62. The minimum Gasteiger partial charge on any atom is -0.462 e. The first-order valence-electron chi connectivity index (χ1n) is 40.5. The molecule has 19 heteroatoms. The maximum Gasteiger partial charge on any atom is 0.472 e. The minimum absolute atomic E-state index is 0.107. The van der Waals surface area contributed by atoms with Gasteiger partial charge in [0.25, 0.3) is 0 Å². The highest BCUT2D eigenvalue weighted by atomic mass is 31.2. The molecule has 0 bridgehead atoms. The largest absolute Gasteiger partial charge is 0.472 e. The number of ether oxygens (including phenoxy) is 4. The van der Waals surface area contributed by atoms with Gasteiger partial charge in [0.15, 0.2) is 12.2 Å². The van der Waals surface area contributed by atoms with Gasteiger partial charge >= 0.3 is 39.5 Å². The van der Waals surface area contributed by atoms with Gasteiger partial charge in [0.1, 0.15) is 19.3 Å². The number of hydrogen-bond acceptors (Lipinski definition) is 15. The van der Waals surface area contributed by atoms with Gasteiger partial charge in [-0.3, -0.25) is 37.3 Å². The molecule has 0 aromatic heterocycles. The molecule has 0 aliphatic rings. The van der Waals surface area contributed by atoms with Crippen molar-refractivity contribution in [1.29, 1.82) is 0 Å². The van der Waals surface area contributed by atoms with Gasteiger partial charge in [0, 0.05) is 25.7 Å². The first-order chi connectivity index (χ1) is 46.9. The molecule has 3 N–H and O–H groups in total. The lowest BCUT2D eigenvalue weighted by Crippen LogP contribution is -2.30. The Balaban J connectivity index is 5.13. The summed E-state index contributed by atoms with van der Waals surface area (Å²) >= 11 is 0. The molecule has 0 saturated carbocycles. The molecule has 0 amide bonds. The number of carbonyl (C=O) groups is 4. The Morgan fingerprint density at radius 1 is 0.299 bits per heavy atom. The summed E-state index contributed by atoms with van der Waals surface area (Å²) in [4.78, 5) is 72.6. The van der Waals surface area contributed by atoms with Crippen molar-refractivity contribution in [2.24, 2.45) is 11.8 Å². The van der Waals surface area contributed by atoms with Crippen molar-refractivity contribution in [2.75, 3.05) is 39.6 Å². The standard InChI is InChI=1S/C78H152O17P2/c1-7-10-12-14-15-16-17-26-34-39-44-50-56-62-77(82)94-73(66-88-75(80)60-54-46-13-11-8-2)68-92-96(84,85)90-64-72(79)65-91-97(86,87)93-69-74(67-89-76(81)61-55-49-43-38-33-29-25-24-28-32-37-42-48-53-59-71(6)9-3)95-78(83)63-57-51-45-40-35-30-23-21-19-18-20-22-27-31-36-41-47-52-58-70(4)5/h70-74,79H,7-69H2,1-6H3,(H,84,85)(H,86,87)/t71?,72-,73+,74+/m0/s1. The number of unbranched alkanes of at least 4 members (excludes halogenated alkanes) is 46. The lowest BCUT2D eigenvalue weighted by Gasteiger charge is -2.21. The second-order valence-electron chi connectivity index (χ2n) is 28.8. The van der Waals surface area contributed by atoms with Crippen LogP contribution in [0.1, 0.15) is 408 Å². The number of phosphoric ester groups is 2. The zero-order valence-corrected chi connectivity index (χ0v) is 65.2. The molecule has 0 heterocycles. The third-order valence-electron chi connectivity index (χ3n) is 18.6. The molecule has 0 aliphatic carbocycles. The molecular weight excluding hydrogens is 1270 g/mol. The fourth-order valence-corrected chi connectivity index (χ4v) is 13.6. The second kappa shape index (κ2) is 69.8. The van der Waals surface area contributed by atoms with Crippen LogP contribution in [-0.4, -0.2) is 96.7 Å². The zero-order valence-electron chi connectivity index (χ0n) is 63.4. The molecule has 0 spiro atoms. The zero-order chi connectivity index (χ0) is 71.4. The lowest BCUT2D eigenvalue weighted by molar-refractivity contribution is -0.161. The maximum atomic E-state index is 13.1. The van der Waals surface area contributed by atoms with E-state index in [-0.39, 0.29) is 25.7 Å². The molecular formula is C78H152O17P2. The summed E-state index contributed by atoms with van der Waals surface area (Å²) < 4.78 is 68.4. The van der Waals surface area contributed by atoms with Gasteiger partial charge < -0.3 is 33.8 Å². The van der Waals surface area contributed by atoms with Crippen molar-refractivity contribution < 1.29 is 80.2 Å². The Hall–Kier alpha value is -1.94. The Morgan fingerprint density at radius 2 is 0.526 bits per heavy atom. The fraction of sp³-hybridized carbons (Fsp3) is 0.949. The summed E-state index contributed by atoms with van der Waals surface area (Å²) in [6, 6.07) is 0. The molecule has 6 atom stereocenters. The van der Waals surface area contributed by atoms with E-state index in [1.54, 1.807) is 0 Å². The predicted molar refractivity (Wildman–Crippen MR) is 395 cm³/mol. The first-order valence-corrected chi connectivity index (χ1v) is 43.5. The van der Waals surface area contributed by atoms with Crippen molar-refractivity contribution in [1.82, 2.24) is 0 Å². The minimum atomic E-state index is -4.96. The van der Waals surface area contributed by atoms with Crippen LogP contribution in [0.3, 0.4) is 0 Å². The van der Waals surface area contributed by atoms with Crippen molar-refractivity contribution in [2.45, 2.75) is 426 Å². The van der Waals surface area contributed by atoms with Crippen molar-refractivity contribution in [3.63, 3.8) is 0 Å². The van der Waals surface area contributed by atoms with E-state index < -0.39 is 97.5 Å². The van der Waals surface area contributed by atoms with Gasteiger partial charge in [0.05, 0.1) is 26.4 Å². The molecule has 0 rings (SSSR count). The molecule has 0 saturated heterocycles. The number of phosphoric acid groups is 2. The number of esters is 4. The van der Waals surface area contributed by atoms with Crippen LogP contribution in [0.4, 0.5) is 0 Å². The van der Waals surface area contributed by atoms with Crippen LogP contribution in [-0.2, 0) is 65.4 Å². The lowest BCUT2D eigenvalue weighted by atomic mass is 9.99. The SMILES string of the molecule is CCCCCCCCCCCCCCCC(=O)O[C@H](COC(=O)CCCCCCC)COP(=O)(O)OC[C@H](O)COP(=O)(O)OC[C@@H](COC(=O)CCCCCCCCCCCCCCCCC(C)CC)OC(=O)CCCCCCCCCCCCCCCCCCCCC(C)C. The molecule has 97 heavy (non-hydrogen) atoms. The van der Waals surface area contributed by atoms with E-state index in [1.807, 2.05) is 0 Å². The highest BCUT2D eigenvalue weighted by Gasteiger charge is 2.30. The van der Waals surface area contributed by atoms with Crippen LogP contribution in [0.2, 0.25) is 0 Å². The average molecular weight is 1420 g/mol. The smallest absolute Gasteiger partial charge is 0.462 e. The van der Waals surface area contributed by atoms with Gasteiger partial charge in [-0.05, 0) is 37.5 Å². The third-order valence-corrected chi connectivity index (χ3v) is 20.5. The quantitative estimate of drug-likeness (QED) is 0.0222. The predicted octanol–water partition coefficient (Wildman–Crippen LogP) is 23.1. The van der Waals surface area contributed by atoms with E-state index in [0.29, 0.717) is 25.7 Å². The van der Waals surface area contributed by atoms with Gasteiger partial charge in [-0.1, -0.05) is 356 Å². The normalized spacial score (nSPS) is 14.2. The summed E-state index contributed by atoms with van der Waals surface area (Å²) in [6.07, 6.45) is 58.6. The summed E-state index contributed by atoms with van der Waals surface area (Å²) in [5.74, 6) is -0.453. The monoisotopic (exact) mass is 1420 g/mol. The summed E-state index contributed by atoms with van der Waals surface area (Å²) in [5, 5.41) is 10.6. The maximum absolute atomic E-state index is 13.1. The van der Waals surface area contributed by atoms with Gasteiger partial charge in [0.2, 0.25) is 0 Å². The van der Waals surface area contributed by atoms with Crippen LogP contribution < -0.4 is 0 Å². The highest BCUT2D eigenvalue weighted by Crippen LogP contribution is 2.45. The Morgan fingerprint density at radius 3 is 0.784 bits per heavy atom. The van der Waals surface area contributed by atoms with Crippen LogP contribution >= 0.6 is 15.6 Å². The van der Waals surface area contributed by atoms with Crippen LogP contribution in [0.25, 0.3) is 0 Å². The number of rotatable bonds is 77. The van der Waals surface area contributed by atoms with Gasteiger partial charge in [-0.25, -0.2) is 9.13 Å². The van der Waals surface area contributed by atoms with E-state index in [1.165, 1.54) is 218 Å². The van der Waals surface area contributed by atoms with E-state index >= 15 is 0 Å². The average Bonchev–Trinajstić information content (AvgIpc) is 1.14.